The average molecular weight is 492 g/mol. The number of carbonyl (C=O) groups excluding carboxylic acids is 2. The minimum atomic E-state index is -4.12. The van der Waals surface area contributed by atoms with Crippen LogP contribution < -0.4 is 0 Å². The summed E-state index contributed by atoms with van der Waals surface area (Å²) in [6.45, 7) is 5.30. The topological polar surface area (TPSA) is 110 Å². The molecule has 0 radical (unpaired) electrons. The summed E-state index contributed by atoms with van der Waals surface area (Å²) in [5, 5.41) is 10.0. The van der Waals surface area contributed by atoms with E-state index in [0.717, 1.165) is 22.7 Å². The van der Waals surface area contributed by atoms with Crippen LogP contribution in [0.4, 0.5) is 0 Å². The molecule has 0 fully saturated rings. The normalized spacial score (nSPS) is 11.4. The van der Waals surface area contributed by atoms with E-state index < -0.39 is 28.5 Å². The van der Waals surface area contributed by atoms with Crippen LogP contribution in [0.25, 0.3) is 0 Å². The van der Waals surface area contributed by atoms with Gasteiger partial charge in [0.05, 0.1) is 23.7 Å². The summed E-state index contributed by atoms with van der Waals surface area (Å²) in [4.78, 5) is 25.1. The number of sulfonamides is 1. The largest absolute Gasteiger partial charge is 0.508 e. The lowest BCUT2D eigenvalue weighted by Gasteiger charge is -2.23. The summed E-state index contributed by atoms with van der Waals surface area (Å²) in [6, 6.07) is 10.3. The van der Waals surface area contributed by atoms with Crippen LogP contribution in [-0.2, 0) is 30.8 Å². The van der Waals surface area contributed by atoms with Crippen LogP contribution in [0.1, 0.15) is 61.0 Å². The van der Waals surface area contributed by atoms with Crippen molar-refractivity contribution in [2.75, 3.05) is 19.8 Å². The van der Waals surface area contributed by atoms with Crippen molar-refractivity contribution < 1.29 is 32.6 Å². The number of unbranched alkanes of at least 4 members (excludes halogenated alkanes) is 2. The number of nitrogens with zero attached hydrogens (tertiary/aromatic N) is 1. The highest BCUT2D eigenvalue weighted by atomic mass is 32.2. The lowest BCUT2D eigenvalue weighted by atomic mass is 10.1. The number of esters is 2. The molecule has 0 aliphatic heterocycles. The van der Waals surface area contributed by atoms with Gasteiger partial charge in [0.1, 0.15) is 12.3 Å². The predicted molar refractivity (Wildman–Crippen MR) is 128 cm³/mol. The zero-order valence-corrected chi connectivity index (χ0v) is 20.8. The first-order valence-electron chi connectivity index (χ1n) is 11.4. The fraction of sp³-hybridized carbons (Fsp3) is 0.440. The molecule has 0 unspecified atom stereocenters. The van der Waals surface area contributed by atoms with Crippen LogP contribution in [0, 0.1) is 6.92 Å². The number of hydrogen-bond donors (Lipinski definition) is 1. The van der Waals surface area contributed by atoms with Crippen molar-refractivity contribution in [2.24, 2.45) is 0 Å². The average Bonchev–Trinajstić information content (AvgIpc) is 2.79. The molecule has 0 aromatic heterocycles. The van der Waals surface area contributed by atoms with Crippen molar-refractivity contribution in [3.63, 3.8) is 0 Å². The fourth-order valence-electron chi connectivity index (χ4n) is 3.09. The molecule has 0 saturated heterocycles. The van der Waals surface area contributed by atoms with Crippen molar-refractivity contribution in [3.05, 3.63) is 59.2 Å². The lowest BCUT2D eigenvalue weighted by Crippen LogP contribution is -2.36. The summed E-state index contributed by atoms with van der Waals surface area (Å²) in [6.07, 6.45) is 3.03. The quantitative estimate of drug-likeness (QED) is 0.330. The number of aryl methyl sites for hydroxylation is 1. The van der Waals surface area contributed by atoms with Gasteiger partial charge in [-0.15, -0.1) is 0 Å². The van der Waals surface area contributed by atoms with Crippen molar-refractivity contribution in [3.8, 4) is 5.75 Å². The predicted octanol–water partition coefficient (Wildman–Crippen LogP) is 4.19. The first kappa shape index (κ1) is 27.3. The van der Waals surface area contributed by atoms with Gasteiger partial charge >= 0.3 is 11.9 Å². The minimum Gasteiger partial charge on any atom is -0.508 e. The molecular weight excluding hydrogens is 458 g/mol. The van der Waals surface area contributed by atoms with Crippen molar-refractivity contribution in [1.29, 1.82) is 0 Å². The van der Waals surface area contributed by atoms with Crippen LogP contribution in [0.5, 0.6) is 5.75 Å². The Bertz CT molecular complexity index is 1070. The second-order valence-corrected chi connectivity index (χ2v) is 9.93. The highest BCUT2D eigenvalue weighted by molar-refractivity contribution is 7.89. The zero-order chi connectivity index (χ0) is 25.1. The number of hydrogen-bond acceptors (Lipinski definition) is 7. The highest BCUT2D eigenvalue weighted by Crippen LogP contribution is 2.24. The van der Waals surface area contributed by atoms with Crippen LogP contribution in [0.15, 0.2) is 47.4 Å². The Hall–Kier alpha value is -2.91. The molecule has 1 N–H and O–H groups in total. The van der Waals surface area contributed by atoms with Gasteiger partial charge in [-0.25, -0.2) is 13.2 Å². The number of benzene rings is 2. The standard InChI is InChI=1S/C25H33NO7S/c1-4-6-14-32-24(28)18-26(34(30,31)22-11-8-19(3)9-12-22)17-20-16-21(27)10-13-23(20)25(29)33-15-7-5-2/h8-13,16,27H,4-7,14-15,17-18H2,1-3H3. The van der Waals surface area contributed by atoms with Gasteiger partial charge < -0.3 is 14.6 Å². The number of ether oxygens (including phenoxy) is 2. The maximum Gasteiger partial charge on any atom is 0.338 e. The maximum atomic E-state index is 13.4. The maximum absolute atomic E-state index is 13.4. The van der Waals surface area contributed by atoms with E-state index in [4.69, 9.17) is 9.47 Å². The molecule has 186 valence electrons. The van der Waals surface area contributed by atoms with E-state index in [0.29, 0.717) is 12.8 Å². The summed E-state index contributed by atoms with van der Waals surface area (Å²) in [7, 11) is -4.12. The van der Waals surface area contributed by atoms with Gasteiger partial charge in [0.25, 0.3) is 0 Å². The van der Waals surface area contributed by atoms with E-state index in [1.807, 2.05) is 20.8 Å². The molecule has 0 aliphatic carbocycles. The first-order valence-corrected chi connectivity index (χ1v) is 12.8. The summed E-state index contributed by atoms with van der Waals surface area (Å²) in [5.74, 6) is -1.46. The molecule has 9 heteroatoms. The summed E-state index contributed by atoms with van der Waals surface area (Å²) in [5.41, 5.74) is 1.23. The van der Waals surface area contributed by atoms with E-state index in [1.54, 1.807) is 12.1 Å². The van der Waals surface area contributed by atoms with Gasteiger partial charge in [-0.05, 0) is 55.7 Å². The van der Waals surface area contributed by atoms with Crippen molar-refractivity contribution >= 4 is 22.0 Å². The van der Waals surface area contributed by atoms with E-state index in [9.17, 15) is 23.1 Å². The molecule has 0 bridgehead atoms. The highest BCUT2D eigenvalue weighted by Gasteiger charge is 2.29. The van der Waals surface area contributed by atoms with Gasteiger partial charge in [0.2, 0.25) is 10.0 Å². The van der Waals surface area contributed by atoms with E-state index in [2.05, 4.69) is 0 Å². The Morgan fingerprint density at radius 2 is 1.56 bits per heavy atom. The lowest BCUT2D eigenvalue weighted by molar-refractivity contribution is -0.144. The third kappa shape index (κ3) is 7.85. The number of carbonyl (C=O) groups is 2. The second kappa shape index (κ2) is 13.1. The van der Waals surface area contributed by atoms with Gasteiger partial charge in [-0.3, -0.25) is 4.79 Å². The fourth-order valence-corrected chi connectivity index (χ4v) is 4.45. The molecule has 0 atom stereocenters. The Morgan fingerprint density at radius 1 is 0.941 bits per heavy atom. The Labute approximate surface area is 201 Å². The number of rotatable bonds is 13. The molecule has 34 heavy (non-hydrogen) atoms. The monoisotopic (exact) mass is 491 g/mol. The Balaban J connectivity index is 2.39. The van der Waals surface area contributed by atoms with E-state index >= 15 is 0 Å². The minimum absolute atomic E-state index is 0.00619. The third-order valence-electron chi connectivity index (χ3n) is 5.11. The molecule has 0 aliphatic rings. The SMILES string of the molecule is CCCCOC(=O)CN(Cc1cc(O)ccc1C(=O)OCCCC)S(=O)(=O)c1ccc(C)cc1. The molecule has 8 nitrogen and oxygen atoms in total. The summed E-state index contributed by atoms with van der Waals surface area (Å²) >= 11 is 0. The molecule has 0 saturated carbocycles. The Kier molecular flexibility index (Phi) is 10.5. The van der Waals surface area contributed by atoms with Gasteiger partial charge in [-0.2, -0.15) is 4.31 Å². The first-order chi connectivity index (χ1) is 16.2. The third-order valence-corrected chi connectivity index (χ3v) is 6.92. The second-order valence-electron chi connectivity index (χ2n) is 7.99. The molecule has 0 spiro atoms. The van der Waals surface area contributed by atoms with Gasteiger partial charge in [0, 0.05) is 6.54 Å². The molecule has 2 rings (SSSR count). The molecule has 2 aromatic rings. The molecule has 2 aromatic carbocycles. The van der Waals surface area contributed by atoms with Gasteiger partial charge in [-0.1, -0.05) is 44.4 Å². The van der Waals surface area contributed by atoms with E-state index in [1.165, 1.54) is 30.3 Å². The van der Waals surface area contributed by atoms with Crippen LogP contribution >= 0.6 is 0 Å². The Morgan fingerprint density at radius 3 is 2.18 bits per heavy atom. The van der Waals surface area contributed by atoms with Crippen LogP contribution in [0.3, 0.4) is 0 Å². The number of phenolic OH excluding ortho intramolecular Hbond substituents is 1. The smallest absolute Gasteiger partial charge is 0.338 e. The van der Waals surface area contributed by atoms with Crippen molar-refractivity contribution in [2.45, 2.75) is 57.9 Å². The molecule has 0 heterocycles. The van der Waals surface area contributed by atoms with E-state index in [-0.39, 0.29) is 41.5 Å². The molecular formula is C25H33NO7S. The van der Waals surface area contributed by atoms with Crippen molar-refractivity contribution in [1.82, 2.24) is 4.31 Å². The summed E-state index contributed by atoms with van der Waals surface area (Å²) < 4.78 is 38.3. The number of phenols is 1. The van der Waals surface area contributed by atoms with Crippen LogP contribution in [0.2, 0.25) is 0 Å². The molecule has 0 amide bonds. The van der Waals surface area contributed by atoms with Gasteiger partial charge in [0.15, 0.2) is 0 Å². The van der Waals surface area contributed by atoms with Crippen LogP contribution in [-0.4, -0.2) is 49.5 Å². The number of aromatic hydroxyl groups is 1. The zero-order valence-electron chi connectivity index (χ0n) is 20.0.